The van der Waals surface area contributed by atoms with Crippen LogP contribution in [0, 0.1) is 5.92 Å². The number of rotatable bonds is 3. The molecule has 4 N–H and O–H groups in total. The minimum Gasteiger partial charge on any atom is -0.475 e. The first-order chi connectivity index (χ1) is 15.2. The van der Waals surface area contributed by atoms with Crippen LogP contribution in [0.3, 0.4) is 0 Å². The number of hydrogen-bond donors (Lipinski definition) is 4. The third-order valence-corrected chi connectivity index (χ3v) is 5.12. The van der Waals surface area contributed by atoms with Crippen LogP contribution in [0.5, 0.6) is 0 Å². The fraction of sp³-hybridized carbons (Fsp3) is 0.600. The summed E-state index contributed by atoms with van der Waals surface area (Å²) in [6.07, 6.45) is -6.61. The molecule has 33 heavy (non-hydrogen) atoms. The van der Waals surface area contributed by atoms with E-state index in [-0.39, 0.29) is 6.10 Å². The van der Waals surface area contributed by atoms with Crippen molar-refractivity contribution >= 4 is 11.9 Å². The highest BCUT2D eigenvalue weighted by Gasteiger charge is 2.39. The summed E-state index contributed by atoms with van der Waals surface area (Å²) < 4.78 is 63.5. The van der Waals surface area contributed by atoms with E-state index in [4.69, 9.17) is 19.8 Å². The smallest absolute Gasteiger partial charge is 0.475 e. The van der Waals surface area contributed by atoms with Crippen LogP contribution in [0.15, 0.2) is 30.3 Å². The number of alkyl halides is 6. The van der Waals surface area contributed by atoms with Gasteiger partial charge in [-0.25, -0.2) is 9.59 Å². The summed E-state index contributed by atoms with van der Waals surface area (Å²) in [7, 11) is 0. The van der Waals surface area contributed by atoms with Crippen LogP contribution in [-0.2, 0) is 16.0 Å². The maximum Gasteiger partial charge on any atom is 0.490 e. The van der Waals surface area contributed by atoms with E-state index in [1.165, 1.54) is 24.8 Å². The normalized spacial score (nSPS) is 21.9. The lowest BCUT2D eigenvalue weighted by Gasteiger charge is -2.37. The van der Waals surface area contributed by atoms with Gasteiger partial charge in [-0.05, 0) is 43.8 Å². The molecule has 188 valence electrons. The molecule has 1 aromatic carbocycles. The van der Waals surface area contributed by atoms with E-state index in [1.54, 1.807) is 0 Å². The number of aliphatic hydroxyl groups is 1. The van der Waals surface area contributed by atoms with E-state index in [0.717, 1.165) is 32.1 Å². The first-order valence-electron chi connectivity index (χ1n) is 9.98. The van der Waals surface area contributed by atoms with Crippen LogP contribution >= 0.6 is 0 Å². The Balaban J connectivity index is 0.000000324. The summed E-state index contributed by atoms with van der Waals surface area (Å²) in [5.41, 5.74) is 1.46. The number of nitrogens with one attached hydrogen (secondary N) is 1. The third kappa shape index (κ3) is 10.9. The maximum atomic E-state index is 10.6. The molecular weight excluding hydrogens is 462 g/mol. The van der Waals surface area contributed by atoms with Crippen molar-refractivity contribution in [3.05, 3.63) is 35.9 Å². The molecule has 2 aliphatic heterocycles. The molecule has 0 saturated carbocycles. The van der Waals surface area contributed by atoms with E-state index in [1.807, 2.05) is 0 Å². The van der Waals surface area contributed by atoms with Crippen LogP contribution in [0.1, 0.15) is 18.4 Å². The summed E-state index contributed by atoms with van der Waals surface area (Å²) >= 11 is 0. The molecule has 0 amide bonds. The highest BCUT2D eigenvalue weighted by atomic mass is 19.4. The Morgan fingerprint density at radius 3 is 1.73 bits per heavy atom. The quantitative estimate of drug-likeness (QED) is 0.484. The number of carboxylic acids is 2. The number of piperidine rings is 1. The van der Waals surface area contributed by atoms with Crippen molar-refractivity contribution in [3.8, 4) is 0 Å². The summed E-state index contributed by atoms with van der Waals surface area (Å²) in [4.78, 5) is 20.3. The number of hydrogen-bond acceptors (Lipinski definition) is 5. The van der Waals surface area contributed by atoms with E-state index in [9.17, 15) is 31.4 Å². The molecule has 13 heteroatoms. The Morgan fingerprint density at radius 2 is 1.36 bits per heavy atom. The lowest BCUT2D eigenvalue weighted by atomic mass is 9.89. The number of carboxylic acid groups (broad SMARTS) is 2. The molecule has 0 aromatic heterocycles. The van der Waals surface area contributed by atoms with Crippen LogP contribution in [0.2, 0.25) is 0 Å². The van der Waals surface area contributed by atoms with Gasteiger partial charge in [0.1, 0.15) is 0 Å². The molecular formula is C20H26F6N2O5. The van der Waals surface area contributed by atoms with Gasteiger partial charge in [-0.3, -0.25) is 4.90 Å². The number of halogens is 6. The van der Waals surface area contributed by atoms with Gasteiger partial charge in [-0.1, -0.05) is 30.3 Å². The van der Waals surface area contributed by atoms with E-state index < -0.39 is 24.3 Å². The molecule has 0 aliphatic carbocycles. The zero-order valence-corrected chi connectivity index (χ0v) is 17.4. The van der Waals surface area contributed by atoms with E-state index >= 15 is 0 Å². The first-order valence-corrected chi connectivity index (χ1v) is 9.98. The zero-order chi connectivity index (χ0) is 25.2. The van der Waals surface area contributed by atoms with Gasteiger partial charge in [-0.2, -0.15) is 26.3 Å². The molecule has 0 bridgehead atoms. The van der Waals surface area contributed by atoms with E-state index in [2.05, 4.69) is 40.5 Å². The summed E-state index contributed by atoms with van der Waals surface area (Å²) in [5, 5.41) is 27.5. The van der Waals surface area contributed by atoms with Crippen LogP contribution in [0.25, 0.3) is 0 Å². The molecule has 2 aliphatic rings. The van der Waals surface area contributed by atoms with Crippen molar-refractivity contribution in [1.82, 2.24) is 10.2 Å². The number of β-amino-alcohol motifs (C(OH)–C–C–N with tert-alkyl or cyclic N) is 1. The summed E-state index contributed by atoms with van der Waals surface area (Å²) in [5.74, 6) is -4.70. The highest BCUT2D eigenvalue weighted by molar-refractivity contribution is 5.73. The Morgan fingerprint density at radius 1 is 0.909 bits per heavy atom. The summed E-state index contributed by atoms with van der Waals surface area (Å²) in [6.45, 7) is 3.99. The van der Waals surface area contributed by atoms with Crippen molar-refractivity contribution in [3.63, 3.8) is 0 Å². The van der Waals surface area contributed by atoms with E-state index in [0.29, 0.717) is 6.04 Å². The molecule has 2 heterocycles. The number of nitrogens with zero attached hydrogens (tertiary/aromatic N) is 1. The Hall–Kier alpha value is -2.38. The number of benzene rings is 1. The van der Waals surface area contributed by atoms with Gasteiger partial charge in [0.15, 0.2) is 0 Å². The SMILES string of the molecule is O=C(O)C(F)(F)F.O=C(O)C(F)(F)F.O[C@H]1CNC[C@@H]1N1CCC(Cc2ccccc2)CC1. The topological polar surface area (TPSA) is 110 Å². The van der Waals surface area contributed by atoms with Gasteiger partial charge in [0, 0.05) is 19.1 Å². The third-order valence-electron chi connectivity index (χ3n) is 5.12. The lowest BCUT2D eigenvalue weighted by molar-refractivity contribution is -0.193. The molecule has 2 atom stereocenters. The van der Waals surface area contributed by atoms with Crippen LogP contribution in [-0.4, -0.2) is 82.8 Å². The number of carbonyl (C=O) groups is 2. The van der Waals surface area contributed by atoms with Crippen molar-refractivity contribution < 1.29 is 51.3 Å². The van der Waals surface area contributed by atoms with Crippen LogP contribution in [0.4, 0.5) is 26.3 Å². The molecule has 2 saturated heterocycles. The Labute approximate surface area is 186 Å². The van der Waals surface area contributed by atoms with Crippen molar-refractivity contribution in [2.75, 3.05) is 26.2 Å². The zero-order valence-electron chi connectivity index (χ0n) is 17.4. The first kappa shape index (κ1) is 28.7. The minimum absolute atomic E-state index is 0.175. The Kier molecular flexibility index (Phi) is 11.1. The second-order valence-electron chi connectivity index (χ2n) is 7.57. The van der Waals surface area contributed by atoms with Gasteiger partial charge in [0.25, 0.3) is 0 Å². The fourth-order valence-electron chi connectivity index (χ4n) is 3.46. The molecule has 3 rings (SSSR count). The van der Waals surface area contributed by atoms with Crippen molar-refractivity contribution in [2.45, 2.75) is 43.8 Å². The van der Waals surface area contributed by atoms with Crippen molar-refractivity contribution in [2.24, 2.45) is 5.92 Å². The monoisotopic (exact) mass is 488 g/mol. The lowest BCUT2D eigenvalue weighted by Crippen LogP contribution is -2.47. The molecule has 1 aromatic rings. The van der Waals surface area contributed by atoms with Crippen molar-refractivity contribution in [1.29, 1.82) is 0 Å². The fourth-order valence-corrected chi connectivity index (χ4v) is 3.46. The molecule has 2 fully saturated rings. The van der Waals surface area contributed by atoms with Gasteiger partial charge in [-0.15, -0.1) is 0 Å². The number of likely N-dealkylation sites (tertiary alicyclic amines) is 1. The van der Waals surface area contributed by atoms with Gasteiger partial charge >= 0.3 is 24.3 Å². The average molecular weight is 488 g/mol. The van der Waals surface area contributed by atoms with Gasteiger partial charge in [0.05, 0.1) is 6.10 Å². The second kappa shape index (κ2) is 12.8. The van der Waals surface area contributed by atoms with Gasteiger partial charge < -0.3 is 20.6 Å². The Bertz CT molecular complexity index is 713. The predicted molar refractivity (Wildman–Crippen MR) is 104 cm³/mol. The maximum absolute atomic E-state index is 10.6. The number of aliphatic carboxylic acids is 2. The largest absolute Gasteiger partial charge is 0.490 e. The number of aliphatic hydroxyl groups excluding tert-OH is 1. The average Bonchev–Trinajstić information content (AvgIpc) is 3.15. The van der Waals surface area contributed by atoms with Gasteiger partial charge in [0.2, 0.25) is 0 Å². The standard InChI is InChI=1S/C16H24N2O.2C2HF3O2/c19-16-12-17-11-15(16)18-8-6-14(7-9-18)10-13-4-2-1-3-5-13;2*3-2(4,5)1(6)7/h1-5,14-17,19H,6-12H2;2*(H,6,7)/t15-,16-;;/m0../s1. The predicted octanol–water partition coefficient (Wildman–Crippen LogP) is 2.54. The second-order valence-corrected chi connectivity index (χ2v) is 7.57. The molecule has 0 radical (unpaired) electrons. The molecule has 0 unspecified atom stereocenters. The summed E-state index contributed by atoms with van der Waals surface area (Å²) in [6, 6.07) is 11.2. The molecule has 7 nitrogen and oxygen atoms in total. The minimum atomic E-state index is -5.08. The molecule has 0 spiro atoms. The highest BCUT2D eigenvalue weighted by Crippen LogP contribution is 2.24. The van der Waals surface area contributed by atoms with Crippen LogP contribution < -0.4 is 5.32 Å².